The molecule has 1 saturated carbocycles. The number of anilines is 1. The summed E-state index contributed by atoms with van der Waals surface area (Å²) in [5.74, 6) is -2.01. The largest absolute Gasteiger partial charge is 0.382 e. The lowest BCUT2D eigenvalue weighted by atomic mass is 10.1. The highest BCUT2D eigenvalue weighted by atomic mass is 19.3. The minimum atomic E-state index is -2.58. The highest BCUT2D eigenvalue weighted by Crippen LogP contribution is 2.43. The van der Waals surface area contributed by atoms with E-state index in [0.717, 1.165) is 0 Å². The van der Waals surface area contributed by atoms with Crippen LogP contribution in [0.25, 0.3) is 11.2 Å². The van der Waals surface area contributed by atoms with Gasteiger partial charge in [0, 0.05) is 18.8 Å². The number of rotatable bonds is 1. The molecule has 7 heteroatoms. The third-order valence-corrected chi connectivity index (χ3v) is 3.13. The lowest BCUT2D eigenvalue weighted by Gasteiger charge is -2.07. The van der Waals surface area contributed by atoms with Crippen molar-refractivity contribution in [3.05, 3.63) is 12.2 Å². The molecule has 0 spiro atoms. The molecule has 1 aliphatic carbocycles. The molecule has 1 fully saturated rings. The average molecular weight is 239 g/mol. The first-order chi connectivity index (χ1) is 8.05. The Hall–Kier alpha value is -1.79. The predicted octanol–water partition coefficient (Wildman–Crippen LogP) is 1.84. The number of nitrogen functional groups attached to an aromatic ring is 1. The summed E-state index contributed by atoms with van der Waals surface area (Å²) in [5, 5.41) is 0. The molecular weight excluding hydrogens is 228 g/mol. The molecule has 3 N–H and O–H groups in total. The number of H-pyrrole nitrogens is 1. The number of nitrogens with zero attached hydrogens (tertiary/aromatic N) is 3. The van der Waals surface area contributed by atoms with Gasteiger partial charge in [-0.05, 0) is 6.42 Å². The summed E-state index contributed by atoms with van der Waals surface area (Å²) < 4.78 is 26.2. The SMILES string of the molecule is Nc1ncnc2nc(C3CCC(F)(F)C3)[nH]c12. The van der Waals surface area contributed by atoms with E-state index in [1.807, 2.05) is 0 Å². The van der Waals surface area contributed by atoms with Crippen LogP contribution in [0.4, 0.5) is 14.6 Å². The number of hydrogen-bond donors (Lipinski definition) is 2. The number of aromatic amines is 1. The molecule has 5 nitrogen and oxygen atoms in total. The number of halogens is 2. The Morgan fingerprint density at radius 2 is 2.24 bits per heavy atom. The van der Waals surface area contributed by atoms with Crippen molar-refractivity contribution in [1.82, 2.24) is 19.9 Å². The van der Waals surface area contributed by atoms with Crippen LogP contribution in [-0.4, -0.2) is 25.9 Å². The van der Waals surface area contributed by atoms with Gasteiger partial charge in [-0.3, -0.25) is 0 Å². The first-order valence-corrected chi connectivity index (χ1v) is 5.39. The van der Waals surface area contributed by atoms with Crippen molar-refractivity contribution in [3.8, 4) is 0 Å². The van der Waals surface area contributed by atoms with E-state index in [-0.39, 0.29) is 18.8 Å². The zero-order valence-electron chi connectivity index (χ0n) is 8.95. The van der Waals surface area contributed by atoms with Gasteiger partial charge in [-0.15, -0.1) is 0 Å². The van der Waals surface area contributed by atoms with Crippen LogP contribution in [0.15, 0.2) is 6.33 Å². The molecule has 0 aliphatic heterocycles. The van der Waals surface area contributed by atoms with E-state index in [2.05, 4.69) is 19.9 Å². The molecule has 2 heterocycles. The number of fused-ring (bicyclic) bond motifs is 1. The molecule has 3 rings (SSSR count). The van der Waals surface area contributed by atoms with Gasteiger partial charge in [0.15, 0.2) is 11.5 Å². The lowest BCUT2D eigenvalue weighted by Crippen LogP contribution is -2.09. The Morgan fingerprint density at radius 3 is 2.88 bits per heavy atom. The Morgan fingerprint density at radius 1 is 1.41 bits per heavy atom. The third kappa shape index (κ3) is 1.71. The maximum Gasteiger partial charge on any atom is 0.248 e. The fraction of sp³-hybridized carbons (Fsp3) is 0.500. The predicted molar refractivity (Wildman–Crippen MR) is 57.6 cm³/mol. The Bertz CT molecular complexity index is 565. The van der Waals surface area contributed by atoms with Gasteiger partial charge in [-0.1, -0.05) is 0 Å². The Labute approximate surface area is 95.5 Å². The molecule has 1 unspecified atom stereocenters. The number of alkyl halides is 2. The van der Waals surface area contributed by atoms with Crippen molar-refractivity contribution in [2.45, 2.75) is 31.1 Å². The van der Waals surface area contributed by atoms with Gasteiger partial charge in [0.2, 0.25) is 5.92 Å². The second-order valence-electron chi connectivity index (χ2n) is 4.38. The number of hydrogen-bond acceptors (Lipinski definition) is 4. The molecule has 90 valence electrons. The maximum absolute atomic E-state index is 13.1. The smallest absolute Gasteiger partial charge is 0.248 e. The number of imidazole rings is 1. The van der Waals surface area contributed by atoms with Gasteiger partial charge >= 0.3 is 0 Å². The zero-order valence-corrected chi connectivity index (χ0v) is 8.95. The van der Waals surface area contributed by atoms with Crippen LogP contribution in [0, 0.1) is 0 Å². The molecule has 2 aromatic heterocycles. The lowest BCUT2D eigenvalue weighted by molar-refractivity contribution is 0.00756. The molecule has 1 atom stereocenters. The zero-order chi connectivity index (χ0) is 12.0. The van der Waals surface area contributed by atoms with Crippen LogP contribution < -0.4 is 5.73 Å². The Balaban J connectivity index is 1.99. The summed E-state index contributed by atoms with van der Waals surface area (Å²) >= 11 is 0. The topological polar surface area (TPSA) is 80.5 Å². The van der Waals surface area contributed by atoms with Crippen LogP contribution in [0.2, 0.25) is 0 Å². The second kappa shape index (κ2) is 3.35. The summed E-state index contributed by atoms with van der Waals surface area (Å²) in [4.78, 5) is 14.9. The highest BCUT2D eigenvalue weighted by Gasteiger charge is 2.41. The van der Waals surface area contributed by atoms with Crippen LogP contribution in [0.5, 0.6) is 0 Å². The maximum atomic E-state index is 13.1. The number of nitrogens with two attached hydrogens (primary N) is 1. The monoisotopic (exact) mass is 239 g/mol. The minimum absolute atomic E-state index is 0.0874. The first kappa shape index (κ1) is 10.4. The molecular formula is C10H11F2N5. The van der Waals surface area contributed by atoms with E-state index >= 15 is 0 Å². The summed E-state index contributed by atoms with van der Waals surface area (Å²) in [6, 6.07) is 0. The minimum Gasteiger partial charge on any atom is -0.382 e. The molecule has 17 heavy (non-hydrogen) atoms. The van der Waals surface area contributed by atoms with E-state index in [0.29, 0.717) is 29.2 Å². The van der Waals surface area contributed by atoms with Crippen molar-refractivity contribution < 1.29 is 8.78 Å². The fourth-order valence-electron chi connectivity index (χ4n) is 2.24. The molecule has 0 amide bonds. The fourth-order valence-corrected chi connectivity index (χ4v) is 2.24. The standard InChI is InChI=1S/C10H11F2N5/c11-10(12)2-1-5(3-10)8-16-6-7(13)14-4-15-9(6)17-8/h4-5H,1-3H2,(H3,13,14,15,16,17). The second-order valence-corrected chi connectivity index (χ2v) is 4.38. The summed E-state index contributed by atoms with van der Waals surface area (Å²) in [6.45, 7) is 0. The molecule has 0 aromatic carbocycles. The van der Waals surface area contributed by atoms with Gasteiger partial charge in [-0.25, -0.2) is 23.7 Å². The molecule has 1 aliphatic rings. The van der Waals surface area contributed by atoms with Crippen molar-refractivity contribution in [2.75, 3.05) is 5.73 Å². The van der Waals surface area contributed by atoms with Gasteiger partial charge in [-0.2, -0.15) is 0 Å². The summed E-state index contributed by atoms with van der Waals surface area (Å²) in [7, 11) is 0. The average Bonchev–Trinajstić information content (AvgIpc) is 2.82. The van der Waals surface area contributed by atoms with E-state index < -0.39 is 5.92 Å². The van der Waals surface area contributed by atoms with Crippen molar-refractivity contribution in [1.29, 1.82) is 0 Å². The van der Waals surface area contributed by atoms with Crippen LogP contribution in [0.3, 0.4) is 0 Å². The molecule has 2 aromatic rings. The highest BCUT2D eigenvalue weighted by molar-refractivity contribution is 5.81. The van der Waals surface area contributed by atoms with E-state index in [1.165, 1.54) is 6.33 Å². The first-order valence-electron chi connectivity index (χ1n) is 5.39. The van der Waals surface area contributed by atoms with Crippen molar-refractivity contribution in [2.24, 2.45) is 0 Å². The van der Waals surface area contributed by atoms with Crippen LogP contribution in [-0.2, 0) is 0 Å². The Kier molecular flexibility index (Phi) is 2.04. The van der Waals surface area contributed by atoms with Crippen molar-refractivity contribution >= 4 is 17.0 Å². The normalized spacial score (nSPS) is 23.3. The van der Waals surface area contributed by atoms with Gasteiger partial charge < -0.3 is 10.7 Å². The van der Waals surface area contributed by atoms with Gasteiger partial charge in [0.25, 0.3) is 0 Å². The third-order valence-electron chi connectivity index (χ3n) is 3.13. The van der Waals surface area contributed by atoms with E-state index in [9.17, 15) is 8.78 Å². The van der Waals surface area contributed by atoms with Crippen LogP contribution >= 0.6 is 0 Å². The van der Waals surface area contributed by atoms with E-state index in [4.69, 9.17) is 5.73 Å². The summed E-state index contributed by atoms with van der Waals surface area (Å²) in [6.07, 6.45) is 1.49. The molecule has 0 saturated heterocycles. The van der Waals surface area contributed by atoms with Gasteiger partial charge in [0.05, 0.1) is 0 Å². The number of aromatic nitrogens is 4. The van der Waals surface area contributed by atoms with Crippen LogP contribution in [0.1, 0.15) is 31.0 Å². The molecule has 0 radical (unpaired) electrons. The van der Waals surface area contributed by atoms with E-state index in [1.54, 1.807) is 0 Å². The number of nitrogens with one attached hydrogen (secondary N) is 1. The van der Waals surface area contributed by atoms with Crippen molar-refractivity contribution in [3.63, 3.8) is 0 Å². The quantitative estimate of drug-likeness (QED) is 0.795. The summed E-state index contributed by atoms with van der Waals surface area (Å²) in [5.41, 5.74) is 6.61. The van der Waals surface area contributed by atoms with Gasteiger partial charge in [0.1, 0.15) is 17.7 Å². The molecule has 0 bridgehead atoms.